The minimum absolute atomic E-state index is 0.145. The first-order valence-electron chi connectivity index (χ1n) is 13.7. The second-order valence-electron chi connectivity index (χ2n) is 12.2. The molecule has 0 radical (unpaired) electrons. The largest absolute Gasteiger partial charge is 0.354 e. The fourth-order valence-corrected chi connectivity index (χ4v) is 8.46. The molecule has 1 amide bonds. The molecule has 7 rings (SSSR count). The summed E-state index contributed by atoms with van der Waals surface area (Å²) in [7, 11) is 0. The molecule has 4 bridgehead atoms. The molecule has 0 aliphatic heterocycles. The van der Waals surface area contributed by atoms with Crippen molar-refractivity contribution in [2.45, 2.75) is 69.2 Å². The summed E-state index contributed by atoms with van der Waals surface area (Å²) in [5, 5.41) is 3.08. The highest BCUT2D eigenvalue weighted by Gasteiger charge is 2.59. The third kappa shape index (κ3) is 4.19. The van der Waals surface area contributed by atoms with E-state index >= 15 is 0 Å². The van der Waals surface area contributed by atoms with Crippen LogP contribution in [0.4, 0.5) is 8.78 Å². The summed E-state index contributed by atoms with van der Waals surface area (Å²) in [6, 6.07) is 7.45. The second kappa shape index (κ2) is 9.26. The Bertz CT molecular complexity index is 1180. The van der Waals surface area contributed by atoms with E-state index in [9.17, 15) is 18.4 Å². The summed E-state index contributed by atoms with van der Waals surface area (Å²) in [6.07, 6.45) is 11.1. The van der Waals surface area contributed by atoms with Gasteiger partial charge in [-0.05, 0) is 104 Å². The first-order valence-corrected chi connectivity index (χ1v) is 13.7. The molecule has 37 heavy (non-hydrogen) atoms. The van der Waals surface area contributed by atoms with Crippen LogP contribution in [-0.2, 0) is 21.4 Å². The van der Waals surface area contributed by atoms with E-state index in [0.717, 1.165) is 56.2 Å². The number of nitrogens with two attached hydrogens (primary N) is 1. The number of benzene rings is 1. The van der Waals surface area contributed by atoms with Crippen LogP contribution in [0.2, 0.25) is 0 Å². The Morgan fingerprint density at radius 1 is 1.03 bits per heavy atom. The highest BCUT2D eigenvalue weighted by Crippen LogP contribution is 2.63. The molecule has 5 nitrogen and oxygen atoms in total. The van der Waals surface area contributed by atoms with E-state index in [2.05, 4.69) is 10.3 Å². The lowest BCUT2D eigenvalue weighted by Gasteiger charge is -2.60. The van der Waals surface area contributed by atoms with Gasteiger partial charge in [0.15, 0.2) is 11.6 Å². The number of hydrogen-bond donors (Lipinski definition) is 2. The van der Waals surface area contributed by atoms with Crippen molar-refractivity contribution in [3.63, 3.8) is 0 Å². The van der Waals surface area contributed by atoms with Crippen LogP contribution in [0.15, 0.2) is 42.7 Å². The minimum atomic E-state index is -0.922. The number of aromatic nitrogens is 1. The normalized spacial score (nSPS) is 32.0. The quantitative estimate of drug-likeness (QED) is 0.552. The molecule has 5 aliphatic carbocycles. The average Bonchev–Trinajstić information content (AvgIpc) is 2.84. The number of amides is 1. The zero-order chi connectivity index (χ0) is 25.8. The fourth-order valence-electron chi connectivity index (χ4n) is 8.46. The van der Waals surface area contributed by atoms with E-state index in [1.165, 1.54) is 6.07 Å². The Balaban J connectivity index is 1.12. The lowest BCUT2D eigenvalue weighted by atomic mass is 9.44. The molecule has 196 valence electrons. The molecule has 5 aliphatic rings. The number of Topliss-reactive ketones (excluding diaryl/α,β-unsaturated/α-hetero) is 1. The molecular formula is C30H35F2N3O2. The van der Waals surface area contributed by atoms with Crippen molar-refractivity contribution in [2.75, 3.05) is 6.54 Å². The highest BCUT2D eigenvalue weighted by atomic mass is 19.2. The minimum Gasteiger partial charge on any atom is -0.354 e. The number of pyridine rings is 1. The van der Waals surface area contributed by atoms with E-state index in [-0.39, 0.29) is 17.4 Å². The molecule has 3 unspecified atom stereocenters. The van der Waals surface area contributed by atoms with Gasteiger partial charge in [-0.15, -0.1) is 0 Å². The molecular weight excluding hydrogens is 472 g/mol. The van der Waals surface area contributed by atoms with Crippen molar-refractivity contribution in [3.8, 4) is 0 Å². The van der Waals surface area contributed by atoms with Crippen molar-refractivity contribution in [1.29, 1.82) is 0 Å². The third-order valence-corrected chi connectivity index (χ3v) is 10.2. The number of nitrogens with one attached hydrogen (secondary N) is 1. The van der Waals surface area contributed by atoms with Gasteiger partial charge in [-0.3, -0.25) is 14.6 Å². The maximum atomic E-state index is 13.9. The third-order valence-electron chi connectivity index (χ3n) is 10.2. The van der Waals surface area contributed by atoms with Crippen LogP contribution in [-0.4, -0.2) is 29.3 Å². The van der Waals surface area contributed by atoms with Crippen molar-refractivity contribution in [3.05, 3.63) is 65.5 Å². The van der Waals surface area contributed by atoms with E-state index in [1.54, 1.807) is 12.4 Å². The number of carbonyl (C=O) groups excluding carboxylic acids is 2. The van der Waals surface area contributed by atoms with Crippen LogP contribution in [0.3, 0.4) is 0 Å². The molecule has 5 fully saturated rings. The summed E-state index contributed by atoms with van der Waals surface area (Å²) >= 11 is 0. The van der Waals surface area contributed by atoms with Crippen LogP contribution in [0.25, 0.3) is 0 Å². The van der Waals surface area contributed by atoms with Gasteiger partial charge in [0.05, 0.1) is 5.41 Å². The Morgan fingerprint density at radius 3 is 2.35 bits per heavy atom. The Hall–Kier alpha value is -2.67. The van der Waals surface area contributed by atoms with Crippen LogP contribution in [0.1, 0.15) is 62.5 Å². The van der Waals surface area contributed by atoms with Gasteiger partial charge in [0, 0.05) is 36.8 Å². The lowest BCUT2D eigenvalue weighted by molar-refractivity contribution is -0.151. The Kier molecular flexibility index (Phi) is 6.17. The molecule has 1 heterocycles. The van der Waals surface area contributed by atoms with Crippen molar-refractivity contribution in [1.82, 2.24) is 10.3 Å². The SMILES string of the molecule is NC(CNC(=O)C1(c2ccc(F)c(F)c2)CCC1)C1C2CC3CC1CC(C(=O)Cc1ccncc1)(C3)C2. The van der Waals surface area contributed by atoms with Crippen LogP contribution in [0.5, 0.6) is 0 Å². The lowest BCUT2D eigenvalue weighted by Crippen LogP contribution is -2.60. The van der Waals surface area contributed by atoms with Gasteiger partial charge in [0.2, 0.25) is 5.91 Å². The monoisotopic (exact) mass is 507 g/mol. The smallest absolute Gasteiger partial charge is 0.230 e. The molecule has 7 heteroatoms. The molecule has 3 N–H and O–H groups in total. The molecule has 5 saturated carbocycles. The van der Waals surface area contributed by atoms with Gasteiger partial charge in [0.25, 0.3) is 0 Å². The van der Waals surface area contributed by atoms with Crippen molar-refractivity contribution in [2.24, 2.45) is 34.8 Å². The van der Waals surface area contributed by atoms with E-state index < -0.39 is 17.0 Å². The van der Waals surface area contributed by atoms with Gasteiger partial charge in [-0.25, -0.2) is 8.78 Å². The fraction of sp³-hybridized carbons (Fsp3) is 0.567. The zero-order valence-electron chi connectivity index (χ0n) is 21.1. The van der Waals surface area contributed by atoms with Gasteiger partial charge in [-0.1, -0.05) is 12.5 Å². The summed E-state index contributed by atoms with van der Waals surface area (Å²) in [5.41, 5.74) is 7.28. The molecule has 1 aromatic carbocycles. The van der Waals surface area contributed by atoms with Crippen LogP contribution in [0, 0.1) is 40.7 Å². The number of halogens is 2. The van der Waals surface area contributed by atoms with Gasteiger partial charge in [-0.2, -0.15) is 0 Å². The summed E-state index contributed by atoms with van der Waals surface area (Å²) in [5.74, 6) is 0.0772. The second-order valence-corrected chi connectivity index (χ2v) is 12.2. The Morgan fingerprint density at radius 2 is 1.73 bits per heavy atom. The van der Waals surface area contributed by atoms with Gasteiger partial charge in [0.1, 0.15) is 5.78 Å². The number of hydrogen-bond acceptors (Lipinski definition) is 4. The summed E-state index contributed by atoms with van der Waals surface area (Å²) < 4.78 is 27.4. The number of nitrogens with zero attached hydrogens (tertiary/aromatic N) is 1. The average molecular weight is 508 g/mol. The maximum absolute atomic E-state index is 13.9. The van der Waals surface area contributed by atoms with Gasteiger partial charge >= 0.3 is 0 Å². The van der Waals surface area contributed by atoms with E-state index in [0.29, 0.717) is 60.8 Å². The predicted octanol–water partition coefficient (Wildman–Crippen LogP) is 4.48. The van der Waals surface area contributed by atoms with E-state index in [1.807, 2.05) is 12.1 Å². The molecule has 2 aromatic rings. The molecule has 3 atom stereocenters. The highest BCUT2D eigenvalue weighted by molar-refractivity contribution is 5.89. The standard InChI is InChI=1S/C30H35F2N3O2/c31-23-3-2-22(13-24(23)32)30(6-1-7-30)28(37)35-17-25(33)27-20-10-19-11-21(27)16-29(14-19,15-20)26(36)12-18-4-8-34-9-5-18/h2-5,8-9,13,19-21,25,27H,1,6-7,10-12,14-17,33H2,(H,35,37). The number of carbonyl (C=O) groups is 2. The maximum Gasteiger partial charge on any atom is 0.230 e. The first-order chi connectivity index (χ1) is 17.8. The Labute approximate surface area is 216 Å². The summed E-state index contributed by atoms with van der Waals surface area (Å²) in [4.78, 5) is 30.9. The van der Waals surface area contributed by atoms with Crippen molar-refractivity contribution >= 4 is 11.7 Å². The van der Waals surface area contributed by atoms with Gasteiger partial charge < -0.3 is 11.1 Å². The van der Waals surface area contributed by atoms with Crippen LogP contribution >= 0.6 is 0 Å². The van der Waals surface area contributed by atoms with E-state index in [4.69, 9.17) is 5.73 Å². The first kappa shape index (κ1) is 24.7. The van der Waals surface area contributed by atoms with Crippen molar-refractivity contribution < 1.29 is 18.4 Å². The molecule has 0 spiro atoms. The van der Waals surface area contributed by atoms with Crippen LogP contribution < -0.4 is 11.1 Å². The number of rotatable bonds is 8. The summed E-state index contributed by atoms with van der Waals surface area (Å²) in [6.45, 7) is 0.366. The predicted molar refractivity (Wildman–Crippen MR) is 135 cm³/mol. The molecule has 1 aromatic heterocycles. The number of ketones is 1. The zero-order valence-corrected chi connectivity index (χ0v) is 21.1. The topological polar surface area (TPSA) is 85.1 Å². The molecule has 0 saturated heterocycles.